The maximum atomic E-state index is 12.8. The normalized spacial score (nSPS) is 25.6. The van der Waals surface area contributed by atoms with Crippen LogP contribution >= 0.6 is 0 Å². The molecule has 0 amide bonds. The van der Waals surface area contributed by atoms with Crippen LogP contribution in [0.3, 0.4) is 0 Å². The molecule has 4 nitrogen and oxygen atoms in total. The highest BCUT2D eigenvalue weighted by Crippen LogP contribution is 2.42. The van der Waals surface area contributed by atoms with Crippen molar-refractivity contribution in [1.82, 2.24) is 4.98 Å². The van der Waals surface area contributed by atoms with E-state index in [-0.39, 0.29) is 11.7 Å². The van der Waals surface area contributed by atoms with Crippen molar-refractivity contribution in [3.05, 3.63) is 36.0 Å². The first-order chi connectivity index (χ1) is 9.80. The van der Waals surface area contributed by atoms with Crippen molar-refractivity contribution in [2.45, 2.75) is 31.0 Å². The Hall–Kier alpha value is -1.65. The lowest BCUT2D eigenvalue weighted by atomic mass is 9.79. The van der Waals surface area contributed by atoms with Gasteiger partial charge in [0.1, 0.15) is 0 Å². The highest BCUT2D eigenvalue weighted by Gasteiger charge is 2.50. The molecule has 1 saturated carbocycles. The number of carbonyl (C=O) groups excluding carboxylic acids is 1. The maximum absolute atomic E-state index is 12.8. The van der Waals surface area contributed by atoms with Crippen molar-refractivity contribution in [1.29, 1.82) is 0 Å². The van der Waals surface area contributed by atoms with Gasteiger partial charge in [0, 0.05) is 23.5 Å². The Morgan fingerprint density at radius 3 is 2.85 bits per heavy atom. The van der Waals surface area contributed by atoms with Crippen LogP contribution in [-0.2, 0) is 14.3 Å². The summed E-state index contributed by atoms with van der Waals surface area (Å²) in [6.07, 6.45) is 4.47. The van der Waals surface area contributed by atoms with Gasteiger partial charge in [-0.3, -0.25) is 4.79 Å². The molecule has 1 aromatic heterocycles. The average molecular weight is 271 g/mol. The Morgan fingerprint density at radius 1 is 1.20 bits per heavy atom. The number of hydrogen-bond donors (Lipinski definition) is 1. The number of Topliss-reactive ketones (excluding diaryl/α,β-unsaturated/α-hetero) is 1. The first kappa shape index (κ1) is 12.1. The molecule has 1 unspecified atom stereocenters. The van der Waals surface area contributed by atoms with Gasteiger partial charge in [0.2, 0.25) is 5.79 Å². The fourth-order valence-corrected chi connectivity index (χ4v) is 3.48. The molecule has 1 aliphatic heterocycles. The van der Waals surface area contributed by atoms with Gasteiger partial charge in [-0.25, -0.2) is 0 Å². The summed E-state index contributed by atoms with van der Waals surface area (Å²) in [5.74, 6) is -1.01. The van der Waals surface area contributed by atoms with Gasteiger partial charge < -0.3 is 14.5 Å². The molecule has 104 valence electrons. The summed E-state index contributed by atoms with van der Waals surface area (Å²) in [4.78, 5) is 16.1. The predicted octanol–water partition coefficient (Wildman–Crippen LogP) is 2.75. The number of para-hydroxylation sites is 1. The number of ketones is 1. The second kappa shape index (κ2) is 4.43. The monoisotopic (exact) mass is 271 g/mol. The molecule has 1 aliphatic carbocycles. The van der Waals surface area contributed by atoms with Crippen LogP contribution in [0.15, 0.2) is 30.5 Å². The van der Waals surface area contributed by atoms with Gasteiger partial charge in [0.05, 0.1) is 19.1 Å². The lowest BCUT2D eigenvalue weighted by Crippen LogP contribution is -2.46. The summed E-state index contributed by atoms with van der Waals surface area (Å²) < 4.78 is 11.3. The minimum atomic E-state index is -0.971. The zero-order chi connectivity index (χ0) is 13.6. The second-order valence-corrected chi connectivity index (χ2v) is 5.55. The third-order valence-electron chi connectivity index (χ3n) is 4.44. The Morgan fingerprint density at radius 2 is 2.00 bits per heavy atom. The van der Waals surface area contributed by atoms with Crippen LogP contribution in [-0.4, -0.2) is 29.8 Å². The minimum Gasteiger partial charge on any atom is -0.361 e. The number of nitrogens with one attached hydrogen (secondary N) is 1. The van der Waals surface area contributed by atoms with E-state index in [1.807, 2.05) is 24.4 Å². The van der Waals surface area contributed by atoms with Crippen LogP contribution in [0.2, 0.25) is 0 Å². The van der Waals surface area contributed by atoms with Gasteiger partial charge in [-0.2, -0.15) is 0 Å². The third kappa shape index (κ3) is 1.65. The molecule has 2 aromatic rings. The molecule has 2 aliphatic rings. The number of rotatable bonds is 1. The SMILES string of the molecule is O=C1C(c2c[nH]c3ccccc23)CCCC12OCCO2. The van der Waals surface area contributed by atoms with Gasteiger partial charge in [-0.1, -0.05) is 18.2 Å². The van der Waals surface area contributed by atoms with Crippen LogP contribution < -0.4 is 0 Å². The smallest absolute Gasteiger partial charge is 0.229 e. The topological polar surface area (TPSA) is 51.3 Å². The van der Waals surface area contributed by atoms with Crippen molar-refractivity contribution in [2.24, 2.45) is 0 Å². The van der Waals surface area contributed by atoms with Crippen molar-refractivity contribution < 1.29 is 14.3 Å². The highest BCUT2D eigenvalue weighted by molar-refractivity contribution is 5.97. The van der Waals surface area contributed by atoms with Gasteiger partial charge in [0.25, 0.3) is 0 Å². The van der Waals surface area contributed by atoms with Crippen LogP contribution in [0.25, 0.3) is 10.9 Å². The summed E-state index contributed by atoms with van der Waals surface area (Å²) in [7, 11) is 0. The molecule has 0 bridgehead atoms. The molecule has 1 spiro atoms. The number of aromatic amines is 1. The molecule has 2 heterocycles. The molecule has 4 rings (SSSR count). The van der Waals surface area contributed by atoms with Crippen molar-refractivity contribution in [2.75, 3.05) is 13.2 Å². The number of fused-ring (bicyclic) bond motifs is 1. The van der Waals surface area contributed by atoms with Crippen LogP contribution in [0, 0.1) is 0 Å². The van der Waals surface area contributed by atoms with E-state index in [0.717, 1.165) is 29.3 Å². The fraction of sp³-hybridized carbons (Fsp3) is 0.438. The third-order valence-corrected chi connectivity index (χ3v) is 4.44. The maximum Gasteiger partial charge on any atom is 0.229 e. The molecule has 1 N–H and O–H groups in total. The van der Waals surface area contributed by atoms with Crippen molar-refractivity contribution >= 4 is 16.7 Å². The van der Waals surface area contributed by atoms with E-state index in [2.05, 4.69) is 11.1 Å². The van der Waals surface area contributed by atoms with E-state index in [1.165, 1.54) is 0 Å². The zero-order valence-electron chi connectivity index (χ0n) is 11.2. The molecule has 0 radical (unpaired) electrons. The Balaban J connectivity index is 1.76. The quantitative estimate of drug-likeness (QED) is 0.867. The summed E-state index contributed by atoms with van der Waals surface area (Å²) in [6.45, 7) is 1.04. The van der Waals surface area contributed by atoms with Gasteiger partial charge in [0.15, 0.2) is 5.78 Å². The summed E-state index contributed by atoms with van der Waals surface area (Å²) in [5, 5.41) is 1.13. The van der Waals surface area contributed by atoms with Crippen LogP contribution in [0.4, 0.5) is 0 Å². The van der Waals surface area contributed by atoms with E-state index < -0.39 is 5.79 Å². The van der Waals surface area contributed by atoms with E-state index in [9.17, 15) is 4.79 Å². The molecule has 4 heteroatoms. The number of benzene rings is 1. The summed E-state index contributed by atoms with van der Waals surface area (Å²) >= 11 is 0. The molecular weight excluding hydrogens is 254 g/mol. The Kier molecular flexibility index (Phi) is 2.69. The van der Waals surface area contributed by atoms with Crippen LogP contribution in [0.1, 0.15) is 30.7 Å². The number of ether oxygens (including phenoxy) is 2. The lowest BCUT2D eigenvalue weighted by Gasteiger charge is -2.34. The van der Waals surface area contributed by atoms with Gasteiger partial charge >= 0.3 is 0 Å². The first-order valence-electron chi connectivity index (χ1n) is 7.18. The standard InChI is InChI=1S/C16H17NO3/c18-15-12(5-3-7-16(15)19-8-9-20-16)13-10-17-14-6-2-1-4-11(13)14/h1-2,4,6,10,12,17H,3,5,7-9H2. The number of carbonyl (C=O) groups is 1. The molecule has 1 saturated heterocycles. The van der Waals surface area contributed by atoms with Gasteiger partial charge in [-0.15, -0.1) is 0 Å². The molecule has 1 atom stereocenters. The molecule has 1 aromatic carbocycles. The minimum absolute atomic E-state index is 0.0889. The zero-order valence-corrected chi connectivity index (χ0v) is 11.2. The molecule has 20 heavy (non-hydrogen) atoms. The number of aromatic nitrogens is 1. The van der Waals surface area contributed by atoms with E-state index >= 15 is 0 Å². The highest BCUT2D eigenvalue weighted by atomic mass is 16.7. The first-order valence-corrected chi connectivity index (χ1v) is 7.18. The van der Waals surface area contributed by atoms with Crippen molar-refractivity contribution in [3.63, 3.8) is 0 Å². The van der Waals surface area contributed by atoms with Crippen LogP contribution in [0.5, 0.6) is 0 Å². The molecular formula is C16H17NO3. The largest absolute Gasteiger partial charge is 0.361 e. The van der Waals surface area contributed by atoms with E-state index in [1.54, 1.807) is 0 Å². The Bertz CT molecular complexity index is 655. The number of hydrogen-bond acceptors (Lipinski definition) is 3. The average Bonchev–Trinajstić information content (AvgIpc) is 3.10. The fourth-order valence-electron chi connectivity index (χ4n) is 3.48. The summed E-state index contributed by atoms with van der Waals surface area (Å²) in [5.41, 5.74) is 2.15. The number of H-pyrrole nitrogens is 1. The molecule has 2 fully saturated rings. The summed E-state index contributed by atoms with van der Waals surface area (Å²) in [6, 6.07) is 8.10. The Labute approximate surface area is 117 Å². The van der Waals surface area contributed by atoms with Gasteiger partial charge in [-0.05, 0) is 24.5 Å². The van der Waals surface area contributed by atoms with E-state index in [4.69, 9.17) is 9.47 Å². The van der Waals surface area contributed by atoms with E-state index in [0.29, 0.717) is 19.6 Å². The predicted molar refractivity (Wildman–Crippen MR) is 74.5 cm³/mol. The second-order valence-electron chi connectivity index (χ2n) is 5.55. The van der Waals surface area contributed by atoms with Crippen molar-refractivity contribution in [3.8, 4) is 0 Å². The lowest BCUT2D eigenvalue weighted by molar-refractivity contribution is -0.189.